The predicted molar refractivity (Wildman–Crippen MR) is 50.7 cm³/mol. The molecule has 1 aromatic heterocycles. The van der Waals surface area contributed by atoms with E-state index in [1.807, 2.05) is 20.8 Å². The lowest BCUT2D eigenvalue weighted by Gasteiger charge is -2.03. The van der Waals surface area contributed by atoms with Gasteiger partial charge < -0.3 is 4.84 Å². The monoisotopic (exact) mass is 179 g/mol. The van der Waals surface area contributed by atoms with Gasteiger partial charge in [0, 0.05) is 11.8 Å². The van der Waals surface area contributed by atoms with Crippen LogP contribution in [0.5, 0.6) is 0 Å². The lowest BCUT2D eigenvalue weighted by Crippen LogP contribution is -2.03. The van der Waals surface area contributed by atoms with Crippen LogP contribution in [0.4, 0.5) is 0 Å². The summed E-state index contributed by atoms with van der Waals surface area (Å²) in [4.78, 5) is 13.0. The first-order chi connectivity index (χ1) is 6.15. The van der Waals surface area contributed by atoms with Gasteiger partial charge in [0.2, 0.25) is 0 Å². The standard InChI is InChI=1S/C9H13N3O/c1-6-9(7(2)12-13-4)5-10-8(3)11-6/h5H,1-4H3/b12-7+. The zero-order valence-corrected chi connectivity index (χ0v) is 8.33. The first kappa shape index (κ1) is 9.64. The Hall–Kier alpha value is -1.45. The lowest BCUT2D eigenvalue weighted by molar-refractivity contribution is 0.213. The Kier molecular flexibility index (Phi) is 2.95. The summed E-state index contributed by atoms with van der Waals surface area (Å²) in [6.45, 7) is 5.66. The second kappa shape index (κ2) is 3.98. The van der Waals surface area contributed by atoms with E-state index in [4.69, 9.17) is 0 Å². The van der Waals surface area contributed by atoms with Gasteiger partial charge in [-0.15, -0.1) is 0 Å². The molecule has 0 unspecified atom stereocenters. The fourth-order valence-corrected chi connectivity index (χ4v) is 1.12. The Morgan fingerprint density at radius 3 is 2.69 bits per heavy atom. The van der Waals surface area contributed by atoms with Gasteiger partial charge in [-0.05, 0) is 20.8 Å². The molecule has 0 bridgehead atoms. The van der Waals surface area contributed by atoms with E-state index in [0.717, 1.165) is 22.8 Å². The quantitative estimate of drug-likeness (QED) is 0.510. The summed E-state index contributed by atoms with van der Waals surface area (Å²) in [7, 11) is 1.52. The predicted octanol–water partition coefficient (Wildman–Crippen LogP) is 1.46. The molecule has 0 aliphatic heterocycles. The molecular formula is C9H13N3O. The number of hydrogen-bond acceptors (Lipinski definition) is 4. The number of oxime groups is 1. The van der Waals surface area contributed by atoms with Crippen LogP contribution in [0, 0.1) is 13.8 Å². The highest BCUT2D eigenvalue weighted by molar-refractivity contribution is 5.98. The van der Waals surface area contributed by atoms with E-state index in [1.165, 1.54) is 7.11 Å². The minimum Gasteiger partial charge on any atom is -0.399 e. The molecule has 1 rings (SSSR count). The smallest absolute Gasteiger partial charge is 0.125 e. The topological polar surface area (TPSA) is 47.4 Å². The highest BCUT2D eigenvalue weighted by atomic mass is 16.6. The highest BCUT2D eigenvalue weighted by Gasteiger charge is 2.04. The normalized spacial score (nSPS) is 11.5. The van der Waals surface area contributed by atoms with Crippen molar-refractivity contribution in [1.29, 1.82) is 0 Å². The summed E-state index contributed by atoms with van der Waals surface area (Å²) >= 11 is 0. The Labute approximate surface area is 77.7 Å². The average molecular weight is 179 g/mol. The van der Waals surface area contributed by atoms with Crippen molar-refractivity contribution in [3.8, 4) is 0 Å². The molecule has 0 spiro atoms. The SMILES string of the molecule is CO/N=C(\C)c1cnc(C)nc1C. The molecule has 1 aromatic rings. The maximum Gasteiger partial charge on any atom is 0.125 e. The molecule has 0 radical (unpaired) electrons. The van der Waals surface area contributed by atoms with Gasteiger partial charge in [-0.25, -0.2) is 9.97 Å². The molecule has 1 heterocycles. The van der Waals surface area contributed by atoms with Gasteiger partial charge in [-0.1, -0.05) is 5.16 Å². The van der Waals surface area contributed by atoms with Crippen molar-refractivity contribution in [2.45, 2.75) is 20.8 Å². The average Bonchev–Trinajstić information content (AvgIpc) is 2.04. The van der Waals surface area contributed by atoms with Crippen molar-refractivity contribution < 1.29 is 4.84 Å². The van der Waals surface area contributed by atoms with Crippen LogP contribution < -0.4 is 0 Å². The Balaban J connectivity index is 3.09. The largest absolute Gasteiger partial charge is 0.399 e. The van der Waals surface area contributed by atoms with Gasteiger partial charge >= 0.3 is 0 Å². The molecule has 0 aliphatic rings. The van der Waals surface area contributed by atoms with Crippen molar-refractivity contribution in [3.63, 3.8) is 0 Å². The summed E-state index contributed by atoms with van der Waals surface area (Å²) in [6, 6.07) is 0. The molecule has 0 aliphatic carbocycles. The van der Waals surface area contributed by atoms with Gasteiger partial charge in [0.15, 0.2) is 0 Å². The fraction of sp³-hybridized carbons (Fsp3) is 0.444. The third-order valence-corrected chi connectivity index (χ3v) is 1.72. The summed E-state index contributed by atoms with van der Waals surface area (Å²) in [5.41, 5.74) is 2.64. The number of nitrogens with zero attached hydrogens (tertiary/aromatic N) is 3. The molecule has 0 aromatic carbocycles. The zero-order chi connectivity index (χ0) is 9.84. The third kappa shape index (κ3) is 2.24. The number of rotatable bonds is 2. The molecule has 70 valence electrons. The molecular weight excluding hydrogens is 166 g/mol. The van der Waals surface area contributed by atoms with Gasteiger partial charge in [-0.2, -0.15) is 0 Å². The van der Waals surface area contributed by atoms with Crippen molar-refractivity contribution in [2.24, 2.45) is 5.16 Å². The molecule has 0 saturated heterocycles. The van der Waals surface area contributed by atoms with Crippen molar-refractivity contribution in [1.82, 2.24) is 9.97 Å². The first-order valence-electron chi connectivity index (χ1n) is 4.03. The van der Waals surface area contributed by atoms with Gasteiger partial charge in [0.25, 0.3) is 0 Å². The molecule has 0 atom stereocenters. The second-order valence-corrected chi connectivity index (χ2v) is 2.78. The Morgan fingerprint density at radius 1 is 1.46 bits per heavy atom. The van der Waals surface area contributed by atoms with Crippen LogP contribution in [-0.2, 0) is 4.84 Å². The van der Waals surface area contributed by atoms with E-state index in [0.29, 0.717) is 0 Å². The van der Waals surface area contributed by atoms with Crippen LogP contribution in [0.3, 0.4) is 0 Å². The molecule has 0 amide bonds. The van der Waals surface area contributed by atoms with Crippen LogP contribution >= 0.6 is 0 Å². The summed E-state index contributed by atoms with van der Waals surface area (Å²) in [5.74, 6) is 0.770. The van der Waals surface area contributed by atoms with E-state index < -0.39 is 0 Å². The van der Waals surface area contributed by atoms with Gasteiger partial charge in [0.05, 0.1) is 11.4 Å². The van der Waals surface area contributed by atoms with Crippen molar-refractivity contribution in [3.05, 3.63) is 23.3 Å². The highest BCUT2D eigenvalue weighted by Crippen LogP contribution is 2.05. The number of aromatic nitrogens is 2. The van der Waals surface area contributed by atoms with E-state index >= 15 is 0 Å². The van der Waals surface area contributed by atoms with E-state index in [2.05, 4.69) is 20.0 Å². The minimum atomic E-state index is 0.770. The van der Waals surface area contributed by atoms with Crippen LogP contribution in [0.15, 0.2) is 11.4 Å². The lowest BCUT2D eigenvalue weighted by atomic mass is 10.2. The molecule has 0 N–H and O–H groups in total. The summed E-state index contributed by atoms with van der Waals surface area (Å²) in [6.07, 6.45) is 1.76. The number of hydrogen-bond donors (Lipinski definition) is 0. The van der Waals surface area contributed by atoms with Crippen LogP contribution in [-0.4, -0.2) is 22.8 Å². The Morgan fingerprint density at radius 2 is 2.15 bits per heavy atom. The molecule has 0 saturated carbocycles. The van der Waals surface area contributed by atoms with Crippen molar-refractivity contribution >= 4 is 5.71 Å². The van der Waals surface area contributed by atoms with Gasteiger partial charge in [-0.3, -0.25) is 0 Å². The fourth-order valence-electron chi connectivity index (χ4n) is 1.12. The van der Waals surface area contributed by atoms with E-state index in [9.17, 15) is 0 Å². The summed E-state index contributed by atoms with van der Waals surface area (Å²) < 4.78 is 0. The van der Waals surface area contributed by atoms with Gasteiger partial charge in [0.1, 0.15) is 12.9 Å². The molecule has 4 nitrogen and oxygen atoms in total. The van der Waals surface area contributed by atoms with E-state index in [1.54, 1.807) is 6.20 Å². The van der Waals surface area contributed by atoms with Crippen LogP contribution in [0.25, 0.3) is 0 Å². The Bertz CT molecular complexity index is 334. The third-order valence-electron chi connectivity index (χ3n) is 1.72. The second-order valence-electron chi connectivity index (χ2n) is 2.78. The molecule has 0 fully saturated rings. The minimum absolute atomic E-state index is 0.770. The van der Waals surface area contributed by atoms with Crippen molar-refractivity contribution in [2.75, 3.05) is 7.11 Å². The number of aryl methyl sites for hydroxylation is 2. The first-order valence-corrected chi connectivity index (χ1v) is 4.03. The van der Waals surface area contributed by atoms with Crippen LogP contribution in [0.1, 0.15) is 24.0 Å². The zero-order valence-electron chi connectivity index (χ0n) is 8.33. The maximum atomic E-state index is 4.68. The molecule has 13 heavy (non-hydrogen) atoms. The maximum absolute atomic E-state index is 4.68. The van der Waals surface area contributed by atoms with E-state index in [-0.39, 0.29) is 0 Å². The molecule has 4 heteroatoms. The van der Waals surface area contributed by atoms with Crippen LogP contribution in [0.2, 0.25) is 0 Å². The summed E-state index contributed by atoms with van der Waals surface area (Å²) in [5, 5.41) is 3.82.